The summed E-state index contributed by atoms with van der Waals surface area (Å²) in [5, 5.41) is 19.3. The van der Waals surface area contributed by atoms with Gasteiger partial charge in [-0.1, -0.05) is 96.8 Å². The molecule has 0 bridgehead atoms. The van der Waals surface area contributed by atoms with Crippen molar-refractivity contribution in [3.8, 4) is 11.5 Å². The maximum atomic E-state index is 12.7. The van der Waals surface area contributed by atoms with E-state index in [9.17, 15) is 63.1 Å². The van der Waals surface area contributed by atoms with Crippen LogP contribution in [0.5, 0.6) is 11.5 Å². The van der Waals surface area contributed by atoms with Gasteiger partial charge in [-0.05, 0) is 81.8 Å². The van der Waals surface area contributed by atoms with E-state index in [2.05, 4.69) is 36.5 Å². The highest BCUT2D eigenvalue weighted by Crippen LogP contribution is 2.36. The standard InChI is InChI=1S/C19H19F5O3.C17H13F5O3.C5H10O2.C3H4O2.CH4/c1-3-12(2)13-4-5-15-9-16(7-6-14(15)8-13)26-10-17(25)27-11-18(20,21)19(22,23)24;1-2-11-3-4-13-8-14(6-5-12(13)7-11)24-9-15(23)25-10-16(18,19)17(20,21)22;1-3-4(2)5(6)7;1-2-3(4)5;/h4-9,12H,3,10-11H2,1-2H3;2-8H,1,9-10H2;4H,3H2,1-2H3,(H,6,7);2H,1H2,(H,4,5);1H4. The zero-order valence-corrected chi connectivity index (χ0v) is 34.8. The molecule has 4 aromatic carbocycles. The number of hydrogen-bond acceptors (Lipinski definition) is 8. The molecule has 0 saturated carbocycles. The molecule has 0 spiro atoms. The molecule has 0 aromatic heterocycles. The summed E-state index contributed by atoms with van der Waals surface area (Å²) >= 11 is 0. The first kappa shape index (κ1) is 58.7. The first-order valence-electron chi connectivity index (χ1n) is 18.8. The van der Waals surface area contributed by atoms with Gasteiger partial charge in [0.15, 0.2) is 26.4 Å². The Morgan fingerprint density at radius 1 is 0.615 bits per heavy atom. The van der Waals surface area contributed by atoms with Crippen LogP contribution >= 0.6 is 0 Å². The molecule has 0 heterocycles. The van der Waals surface area contributed by atoms with Gasteiger partial charge in [0.2, 0.25) is 0 Å². The van der Waals surface area contributed by atoms with Crippen molar-refractivity contribution in [3.63, 3.8) is 0 Å². The molecule has 0 radical (unpaired) electrons. The van der Waals surface area contributed by atoms with E-state index in [4.69, 9.17) is 19.7 Å². The van der Waals surface area contributed by atoms with Crippen LogP contribution in [-0.2, 0) is 28.7 Å². The Morgan fingerprint density at radius 2 is 1.00 bits per heavy atom. The molecule has 0 aliphatic heterocycles. The lowest BCUT2D eigenvalue weighted by Gasteiger charge is -2.19. The summed E-state index contributed by atoms with van der Waals surface area (Å²) in [5.74, 6) is -13.8. The van der Waals surface area contributed by atoms with Crippen LogP contribution < -0.4 is 9.47 Å². The molecule has 0 aliphatic carbocycles. The van der Waals surface area contributed by atoms with Gasteiger partial charge in [-0.3, -0.25) is 4.79 Å². The maximum absolute atomic E-state index is 12.7. The van der Waals surface area contributed by atoms with E-state index in [1.807, 2.05) is 37.3 Å². The van der Waals surface area contributed by atoms with Crippen molar-refractivity contribution in [2.24, 2.45) is 5.92 Å². The van der Waals surface area contributed by atoms with E-state index < -0.39 is 74.5 Å². The molecule has 4 aromatic rings. The lowest BCUT2D eigenvalue weighted by molar-refractivity contribution is -0.294. The van der Waals surface area contributed by atoms with Crippen LogP contribution in [0.25, 0.3) is 27.6 Å². The minimum absolute atomic E-state index is 0. The molecule has 65 heavy (non-hydrogen) atoms. The van der Waals surface area contributed by atoms with Crippen molar-refractivity contribution < 1.29 is 92.2 Å². The average Bonchev–Trinajstić information content (AvgIpc) is 3.24. The highest BCUT2D eigenvalue weighted by molar-refractivity contribution is 5.86. The Balaban J connectivity index is 0.000000996. The third kappa shape index (κ3) is 20.4. The van der Waals surface area contributed by atoms with E-state index in [0.29, 0.717) is 5.92 Å². The SMILES string of the molecule is C.C=CC(=O)O.C=Cc1ccc2cc(OCC(=O)OCC(F)(F)C(F)(F)F)ccc2c1.CCC(C)C(=O)O.CCC(C)c1ccc2cc(OCC(=O)OCC(F)(F)C(F)(F)F)ccc2c1. The zero-order valence-electron chi connectivity index (χ0n) is 34.8. The van der Waals surface area contributed by atoms with Gasteiger partial charge in [0.1, 0.15) is 11.5 Å². The molecule has 2 atom stereocenters. The molecule has 0 amide bonds. The molecule has 0 saturated heterocycles. The fourth-order valence-corrected chi connectivity index (χ4v) is 4.38. The second-order valence-electron chi connectivity index (χ2n) is 13.5. The third-order valence-electron chi connectivity index (χ3n) is 8.67. The van der Waals surface area contributed by atoms with Crippen molar-refractivity contribution in [1.82, 2.24) is 0 Å². The number of esters is 2. The van der Waals surface area contributed by atoms with Gasteiger partial charge in [0.05, 0.1) is 5.92 Å². The summed E-state index contributed by atoms with van der Waals surface area (Å²) in [5.41, 5.74) is 2.10. The Morgan fingerprint density at radius 3 is 1.34 bits per heavy atom. The van der Waals surface area contributed by atoms with E-state index >= 15 is 0 Å². The Hall–Kier alpha value is -6.34. The second kappa shape index (κ2) is 26.4. The van der Waals surface area contributed by atoms with Gasteiger partial charge in [-0.2, -0.15) is 43.9 Å². The maximum Gasteiger partial charge on any atom is 0.456 e. The molecular weight excluding hydrogens is 890 g/mol. The van der Waals surface area contributed by atoms with E-state index in [1.165, 1.54) is 11.6 Å². The number of carbonyl (C=O) groups is 4. The number of aliphatic carboxylic acids is 2. The normalized spacial score (nSPS) is 12.2. The van der Waals surface area contributed by atoms with Crippen LogP contribution in [0, 0.1) is 5.92 Å². The molecule has 2 N–H and O–H groups in total. The smallest absolute Gasteiger partial charge is 0.456 e. The van der Waals surface area contributed by atoms with Crippen LogP contribution in [0.4, 0.5) is 43.9 Å². The Kier molecular flexibility index (Phi) is 23.9. The number of hydrogen-bond donors (Lipinski definition) is 2. The number of ether oxygens (including phenoxy) is 4. The number of alkyl halides is 10. The number of halogens is 10. The number of carboxylic acid groups (broad SMARTS) is 2. The average molecular weight is 941 g/mol. The molecule has 0 aliphatic rings. The summed E-state index contributed by atoms with van der Waals surface area (Å²) < 4.78 is 141. The largest absolute Gasteiger partial charge is 0.482 e. The van der Waals surface area contributed by atoms with Gasteiger partial charge >= 0.3 is 48.1 Å². The van der Waals surface area contributed by atoms with Crippen LogP contribution in [0.2, 0.25) is 0 Å². The highest BCUT2D eigenvalue weighted by Gasteiger charge is 2.59. The zero-order chi connectivity index (χ0) is 49.1. The monoisotopic (exact) mass is 940 g/mol. The minimum atomic E-state index is -5.78. The van der Waals surface area contributed by atoms with Crippen LogP contribution in [0.1, 0.15) is 65.0 Å². The predicted molar refractivity (Wildman–Crippen MR) is 223 cm³/mol. The quantitative estimate of drug-likeness (QED) is 0.0632. The van der Waals surface area contributed by atoms with Crippen molar-refractivity contribution in [2.45, 2.75) is 78.1 Å². The van der Waals surface area contributed by atoms with E-state index in [-0.39, 0.29) is 24.8 Å². The highest BCUT2D eigenvalue weighted by atomic mass is 19.4. The van der Waals surface area contributed by atoms with Crippen molar-refractivity contribution >= 4 is 51.5 Å². The fraction of sp³-hybridized carbons (Fsp3) is 0.378. The van der Waals surface area contributed by atoms with E-state index in [0.717, 1.165) is 46.0 Å². The van der Waals surface area contributed by atoms with E-state index in [1.54, 1.807) is 49.4 Å². The summed E-state index contributed by atoms with van der Waals surface area (Å²) in [6, 6.07) is 21.2. The number of fused-ring (bicyclic) bond motifs is 2. The first-order chi connectivity index (χ1) is 29.6. The van der Waals surface area contributed by atoms with Crippen molar-refractivity contribution in [3.05, 3.63) is 103 Å². The summed E-state index contributed by atoms with van der Waals surface area (Å²) in [4.78, 5) is 41.8. The van der Waals surface area contributed by atoms with Gasteiger partial charge in [0, 0.05) is 6.08 Å². The molecule has 4 rings (SSSR count). The molecule has 2 unspecified atom stereocenters. The van der Waals surface area contributed by atoms with Crippen molar-refractivity contribution in [1.29, 1.82) is 0 Å². The first-order valence-corrected chi connectivity index (χ1v) is 18.8. The van der Waals surface area contributed by atoms with Gasteiger partial charge in [-0.25, -0.2) is 14.4 Å². The third-order valence-corrected chi connectivity index (χ3v) is 8.67. The Labute approximate surface area is 368 Å². The summed E-state index contributed by atoms with van der Waals surface area (Å²) in [6.07, 6.45) is -7.33. The fourth-order valence-electron chi connectivity index (χ4n) is 4.38. The van der Waals surface area contributed by atoms with Crippen LogP contribution in [-0.4, -0.2) is 84.7 Å². The number of benzene rings is 4. The second-order valence-corrected chi connectivity index (χ2v) is 13.5. The summed E-state index contributed by atoms with van der Waals surface area (Å²) in [7, 11) is 0. The predicted octanol–water partition coefficient (Wildman–Crippen LogP) is 12.1. The number of rotatable bonds is 16. The number of carboxylic acids is 2. The van der Waals surface area contributed by atoms with Gasteiger partial charge in [0.25, 0.3) is 0 Å². The number of carbonyl (C=O) groups excluding carboxylic acids is 2. The van der Waals surface area contributed by atoms with Crippen LogP contribution in [0.15, 0.2) is 92.0 Å². The molecule has 360 valence electrons. The molecule has 20 heteroatoms. The van der Waals surface area contributed by atoms with Gasteiger partial charge < -0.3 is 29.2 Å². The van der Waals surface area contributed by atoms with Crippen LogP contribution in [0.3, 0.4) is 0 Å². The topological polar surface area (TPSA) is 146 Å². The van der Waals surface area contributed by atoms with Gasteiger partial charge in [-0.15, -0.1) is 0 Å². The molecule has 0 fully saturated rings. The van der Waals surface area contributed by atoms with Crippen molar-refractivity contribution in [2.75, 3.05) is 26.4 Å². The molecule has 10 nitrogen and oxygen atoms in total. The Bertz CT molecular complexity index is 2190. The lowest BCUT2D eigenvalue weighted by atomic mass is 9.96. The minimum Gasteiger partial charge on any atom is -0.482 e. The lowest BCUT2D eigenvalue weighted by Crippen LogP contribution is -2.41. The molecular formula is C45H50F10O10. The summed E-state index contributed by atoms with van der Waals surface area (Å²) in [6.45, 7) is 8.66.